The summed E-state index contributed by atoms with van der Waals surface area (Å²) >= 11 is 0. The molecule has 0 bridgehead atoms. The van der Waals surface area contributed by atoms with Gasteiger partial charge in [0.2, 0.25) is 11.7 Å². The summed E-state index contributed by atoms with van der Waals surface area (Å²) in [6.07, 6.45) is 6.74. The van der Waals surface area contributed by atoms with Crippen LogP contribution >= 0.6 is 0 Å². The Kier molecular flexibility index (Phi) is 10.5. The summed E-state index contributed by atoms with van der Waals surface area (Å²) in [5.74, 6) is -0.0823. The summed E-state index contributed by atoms with van der Waals surface area (Å²) in [5.41, 5.74) is 2.19. The van der Waals surface area contributed by atoms with Crippen LogP contribution in [0.1, 0.15) is 63.5 Å². The number of carbonyl (C=O) groups excluding carboxylic acids is 3. The van der Waals surface area contributed by atoms with Crippen LogP contribution in [0.5, 0.6) is 0 Å². The van der Waals surface area contributed by atoms with Gasteiger partial charge in [-0.05, 0) is 67.9 Å². The van der Waals surface area contributed by atoms with E-state index in [0.717, 1.165) is 50.5 Å². The van der Waals surface area contributed by atoms with E-state index in [-0.39, 0.29) is 11.8 Å². The number of rotatable bonds is 12. The number of hydrogen-bond donors (Lipinski definition) is 2. The lowest BCUT2D eigenvalue weighted by Crippen LogP contribution is -2.50. The minimum Gasteiger partial charge on any atom is -0.349 e. The first kappa shape index (κ1) is 26.7. The second kappa shape index (κ2) is 13.8. The molecule has 0 aromatic heterocycles. The number of aryl methyl sites for hydroxylation is 1. The zero-order chi connectivity index (χ0) is 25.0. The lowest BCUT2D eigenvalue weighted by Gasteiger charge is -2.31. The maximum Gasteiger partial charge on any atom is 0.289 e. The topological polar surface area (TPSA) is 75.3 Å². The van der Waals surface area contributed by atoms with Crippen LogP contribution in [0.15, 0.2) is 60.7 Å². The van der Waals surface area contributed by atoms with Gasteiger partial charge in [0, 0.05) is 18.9 Å². The third kappa shape index (κ3) is 8.65. The van der Waals surface area contributed by atoms with Gasteiger partial charge in [-0.2, -0.15) is 0 Å². The highest BCUT2D eigenvalue weighted by Gasteiger charge is 2.32. The second-order valence-electron chi connectivity index (χ2n) is 10.2. The minimum atomic E-state index is -0.850. The molecule has 2 N–H and O–H groups in total. The van der Waals surface area contributed by atoms with Crippen molar-refractivity contribution in [3.8, 4) is 0 Å². The molecule has 188 valence electrons. The van der Waals surface area contributed by atoms with Crippen LogP contribution in [0.3, 0.4) is 0 Å². The van der Waals surface area contributed by atoms with Gasteiger partial charge in [-0.15, -0.1) is 0 Å². The van der Waals surface area contributed by atoms with Crippen molar-refractivity contribution in [3.63, 3.8) is 0 Å². The van der Waals surface area contributed by atoms with Gasteiger partial charge in [-0.25, -0.2) is 0 Å². The third-order valence-corrected chi connectivity index (χ3v) is 7.25. The van der Waals surface area contributed by atoms with Gasteiger partial charge in [0.15, 0.2) is 0 Å². The highest BCUT2D eigenvalue weighted by molar-refractivity contribution is 6.38. The summed E-state index contributed by atoms with van der Waals surface area (Å²) in [4.78, 5) is 38.8. The highest BCUT2D eigenvalue weighted by Crippen LogP contribution is 2.33. The fourth-order valence-corrected chi connectivity index (χ4v) is 4.94. The lowest BCUT2D eigenvalue weighted by atomic mass is 9.76. The zero-order valence-corrected chi connectivity index (χ0v) is 21.2. The van der Waals surface area contributed by atoms with Crippen LogP contribution in [0.25, 0.3) is 0 Å². The van der Waals surface area contributed by atoms with Gasteiger partial charge in [-0.1, -0.05) is 74.5 Å². The molecule has 3 rings (SSSR count). The molecule has 35 heavy (non-hydrogen) atoms. The van der Waals surface area contributed by atoms with Crippen molar-refractivity contribution in [2.24, 2.45) is 17.8 Å². The van der Waals surface area contributed by atoms with E-state index in [1.165, 1.54) is 5.56 Å². The molecule has 0 heterocycles. The smallest absolute Gasteiger partial charge is 0.289 e. The van der Waals surface area contributed by atoms with Crippen molar-refractivity contribution in [1.82, 2.24) is 10.6 Å². The van der Waals surface area contributed by atoms with Crippen LogP contribution in [0.2, 0.25) is 0 Å². The molecule has 0 aliphatic heterocycles. The van der Waals surface area contributed by atoms with E-state index in [9.17, 15) is 14.4 Å². The Morgan fingerprint density at radius 3 is 2.03 bits per heavy atom. The van der Waals surface area contributed by atoms with E-state index in [0.29, 0.717) is 24.8 Å². The fourth-order valence-electron chi connectivity index (χ4n) is 4.94. The predicted molar refractivity (Wildman–Crippen MR) is 140 cm³/mol. The molecule has 1 unspecified atom stereocenters. The average molecular weight is 477 g/mol. The molecule has 2 aromatic carbocycles. The number of Topliss-reactive ketones (excluding diaryl/α,β-unsaturated/α-hetero) is 1. The molecule has 5 nitrogen and oxygen atoms in total. The molecular weight excluding hydrogens is 436 g/mol. The van der Waals surface area contributed by atoms with Crippen LogP contribution < -0.4 is 10.6 Å². The average Bonchev–Trinajstić information content (AvgIpc) is 2.88. The second-order valence-corrected chi connectivity index (χ2v) is 10.2. The fraction of sp³-hybridized carbons (Fsp3) is 0.500. The number of amides is 2. The Morgan fingerprint density at radius 1 is 0.829 bits per heavy atom. The summed E-state index contributed by atoms with van der Waals surface area (Å²) in [5, 5.41) is 5.70. The Bertz CT molecular complexity index is 935. The highest BCUT2D eigenvalue weighted by atomic mass is 16.2. The number of nitrogens with one attached hydrogen (secondary N) is 2. The van der Waals surface area contributed by atoms with Gasteiger partial charge in [0.1, 0.15) is 6.04 Å². The quantitative estimate of drug-likeness (QED) is 0.338. The molecule has 1 fully saturated rings. The van der Waals surface area contributed by atoms with Gasteiger partial charge in [0.05, 0.1) is 0 Å². The number of carbonyl (C=O) groups is 3. The van der Waals surface area contributed by atoms with Crippen molar-refractivity contribution >= 4 is 17.6 Å². The maximum absolute atomic E-state index is 13.1. The molecule has 1 aliphatic carbocycles. The van der Waals surface area contributed by atoms with E-state index in [4.69, 9.17) is 0 Å². The van der Waals surface area contributed by atoms with E-state index in [1.807, 2.05) is 48.5 Å². The van der Waals surface area contributed by atoms with Crippen LogP contribution in [-0.2, 0) is 27.2 Å². The van der Waals surface area contributed by atoms with Crippen molar-refractivity contribution in [2.45, 2.75) is 71.3 Å². The van der Waals surface area contributed by atoms with E-state index in [2.05, 4.69) is 36.6 Å². The monoisotopic (exact) mass is 476 g/mol. The van der Waals surface area contributed by atoms with Gasteiger partial charge < -0.3 is 10.6 Å². The molecular formula is C30H40N2O3. The summed E-state index contributed by atoms with van der Waals surface area (Å²) in [7, 11) is 0. The first-order valence-electron chi connectivity index (χ1n) is 13.1. The first-order chi connectivity index (χ1) is 16.9. The molecule has 1 atom stereocenters. The summed E-state index contributed by atoms with van der Waals surface area (Å²) in [6.45, 7) is 4.92. The lowest BCUT2D eigenvalue weighted by molar-refractivity contribution is -0.140. The van der Waals surface area contributed by atoms with Crippen molar-refractivity contribution in [3.05, 3.63) is 71.8 Å². The first-order valence-corrected chi connectivity index (χ1v) is 13.1. The molecule has 2 amide bonds. The zero-order valence-electron chi connectivity index (χ0n) is 21.2. The summed E-state index contributed by atoms with van der Waals surface area (Å²) in [6, 6.07) is 18.9. The van der Waals surface area contributed by atoms with Crippen LogP contribution in [0.4, 0.5) is 0 Å². The predicted octanol–water partition coefficient (Wildman–Crippen LogP) is 4.88. The van der Waals surface area contributed by atoms with Crippen molar-refractivity contribution < 1.29 is 14.4 Å². The Morgan fingerprint density at radius 2 is 1.43 bits per heavy atom. The number of benzene rings is 2. The molecule has 2 aromatic rings. The maximum atomic E-state index is 13.1. The van der Waals surface area contributed by atoms with E-state index < -0.39 is 17.7 Å². The Hall–Kier alpha value is -2.95. The number of hydrogen-bond acceptors (Lipinski definition) is 3. The van der Waals surface area contributed by atoms with E-state index in [1.54, 1.807) is 0 Å². The standard InChI is InChI=1S/C30H40N2O3/c1-22(2)25-16-18-26(19-17-25)29(34)32-27(21-24-14-7-4-8-15-24)28(33)30(35)31-20-10-9-13-23-11-5-3-6-12-23/h3-8,11-12,14-15,22,25-27H,9-10,13,16-21H2,1-2H3,(H,31,35)(H,32,34). The van der Waals surface area contributed by atoms with Crippen molar-refractivity contribution in [2.75, 3.05) is 6.54 Å². The number of unbranched alkanes of at least 4 members (excludes halogenated alkanes) is 1. The molecule has 1 aliphatic rings. The number of ketones is 1. The largest absolute Gasteiger partial charge is 0.349 e. The SMILES string of the molecule is CC(C)C1CCC(C(=O)NC(Cc2ccccc2)C(=O)C(=O)NCCCCc2ccccc2)CC1. The van der Waals surface area contributed by atoms with Crippen LogP contribution in [-0.4, -0.2) is 30.2 Å². The molecule has 0 radical (unpaired) electrons. The molecule has 5 heteroatoms. The molecule has 0 saturated heterocycles. The van der Waals surface area contributed by atoms with Crippen LogP contribution in [0, 0.1) is 17.8 Å². The van der Waals surface area contributed by atoms with Crippen molar-refractivity contribution in [1.29, 1.82) is 0 Å². The van der Waals surface area contributed by atoms with E-state index >= 15 is 0 Å². The molecule has 0 spiro atoms. The summed E-state index contributed by atoms with van der Waals surface area (Å²) < 4.78 is 0. The normalized spacial score (nSPS) is 18.6. The van der Waals surface area contributed by atoms with Gasteiger partial charge in [0.25, 0.3) is 5.91 Å². The Labute approximate surface area is 210 Å². The Balaban J connectivity index is 1.52. The van der Waals surface area contributed by atoms with Gasteiger partial charge >= 0.3 is 0 Å². The molecule has 1 saturated carbocycles. The van der Waals surface area contributed by atoms with Gasteiger partial charge in [-0.3, -0.25) is 14.4 Å². The third-order valence-electron chi connectivity index (χ3n) is 7.25. The minimum absolute atomic E-state index is 0.0860.